The quantitative estimate of drug-likeness (QED) is 0.807. The van der Waals surface area contributed by atoms with Crippen molar-refractivity contribution in [3.05, 3.63) is 0 Å². The summed E-state index contributed by atoms with van der Waals surface area (Å²) in [6, 6.07) is 0. The van der Waals surface area contributed by atoms with Gasteiger partial charge in [0.1, 0.15) is 5.78 Å². The smallest absolute Gasteiger partial charge is 0.136 e. The number of fused-ring (bicyclic) bond motifs is 5. The minimum absolute atomic E-state index is 0.331. The van der Waals surface area contributed by atoms with Crippen LogP contribution in [0, 0.1) is 40.9 Å². The Morgan fingerprint density at radius 1 is 1.13 bits per heavy atom. The number of aliphatic hydroxyl groups is 1. The van der Waals surface area contributed by atoms with Crippen LogP contribution < -0.4 is 0 Å². The molecule has 4 aliphatic rings. The minimum Gasteiger partial charge on any atom is -0.393 e. The van der Waals surface area contributed by atoms with Crippen LogP contribution in [0.25, 0.3) is 0 Å². The number of Topliss-reactive ketones (excluding diaryl/α,β-unsaturated/α-hetero) is 1. The summed E-state index contributed by atoms with van der Waals surface area (Å²) in [4.78, 5) is 12.9. The van der Waals surface area contributed by atoms with Gasteiger partial charge in [0.05, 0.1) is 7.45 Å². The number of hydrogen-bond acceptors (Lipinski definition) is 2. The highest BCUT2D eigenvalue weighted by Gasteiger charge is 2.57. The van der Waals surface area contributed by atoms with Crippen molar-refractivity contribution in [2.75, 3.05) is 0 Å². The van der Waals surface area contributed by atoms with Crippen molar-refractivity contribution in [3.63, 3.8) is 0 Å². The fourth-order valence-electron chi connectivity index (χ4n) is 7.01. The van der Waals surface area contributed by atoms with Crippen LogP contribution >= 0.6 is 0 Å². The molecule has 4 rings (SSSR count). The molecule has 4 aliphatic carbocycles. The SMILES string of the molecule is [2H]C([2H])(C)C(=O)[C@@]1([2H])CC[C@H]2[C@@H]3CC[C@H]4C[C@]([2H])(O)CC[C@@H]4[C@H]3CC[C@@]21C. The molecule has 0 amide bonds. The zero-order chi connectivity index (χ0) is 19.8. The van der Waals surface area contributed by atoms with Crippen molar-refractivity contribution in [2.45, 2.75) is 84.1 Å². The van der Waals surface area contributed by atoms with E-state index < -0.39 is 29.5 Å². The lowest BCUT2D eigenvalue weighted by atomic mass is 9.49. The van der Waals surface area contributed by atoms with Crippen LogP contribution in [-0.2, 0) is 4.79 Å². The van der Waals surface area contributed by atoms with E-state index in [1.807, 2.05) is 0 Å². The largest absolute Gasteiger partial charge is 0.393 e. The standard InChI is InChI=1S/C21H34O2/c1-3-20(23)19-9-8-18-17-6-4-13-12-14(22)5-7-15(13)16(17)10-11-21(18,19)2/h13-19,22H,3-12H2,1-2H3/t13-,14+,15-,16+,17+,18-,19+,21-/m0/s1/i3D2,14D,19D. The molecular formula is C21H34O2. The van der Waals surface area contributed by atoms with E-state index in [1.165, 1.54) is 6.92 Å². The van der Waals surface area contributed by atoms with E-state index in [0.29, 0.717) is 48.9 Å². The van der Waals surface area contributed by atoms with Gasteiger partial charge in [-0.2, -0.15) is 0 Å². The number of ketones is 1. The van der Waals surface area contributed by atoms with E-state index in [4.69, 9.17) is 5.48 Å². The van der Waals surface area contributed by atoms with Crippen LogP contribution in [0.5, 0.6) is 0 Å². The van der Waals surface area contributed by atoms with E-state index in [-0.39, 0.29) is 0 Å². The van der Waals surface area contributed by atoms with Crippen LogP contribution in [0.1, 0.15) is 83.5 Å². The van der Waals surface area contributed by atoms with Crippen LogP contribution in [0.15, 0.2) is 0 Å². The molecule has 130 valence electrons. The Labute approximate surface area is 147 Å². The molecule has 0 heterocycles. The van der Waals surface area contributed by atoms with Crippen molar-refractivity contribution in [1.82, 2.24) is 0 Å². The second-order valence-electron chi connectivity index (χ2n) is 8.80. The predicted molar refractivity (Wildman–Crippen MR) is 91.9 cm³/mol. The Morgan fingerprint density at radius 3 is 2.70 bits per heavy atom. The summed E-state index contributed by atoms with van der Waals surface area (Å²) in [5, 5.41) is 10.2. The molecule has 4 saturated carbocycles. The highest BCUT2D eigenvalue weighted by atomic mass is 16.3. The lowest BCUT2D eigenvalue weighted by molar-refractivity contribution is -0.130. The molecule has 0 aromatic carbocycles. The average molecular weight is 323 g/mol. The van der Waals surface area contributed by atoms with Gasteiger partial charge in [0, 0.05) is 16.4 Å². The molecular weight excluding hydrogens is 284 g/mol. The minimum atomic E-state index is -1.95. The highest BCUT2D eigenvalue weighted by molar-refractivity contribution is 5.81. The van der Waals surface area contributed by atoms with E-state index in [1.54, 1.807) is 0 Å². The lowest BCUT2D eigenvalue weighted by Gasteiger charge is -2.56. The maximum absolute atomic E-state index is 12.9. The maximum Gasteiger partial charge on any atom is 0.136 e. The molecule has 0 aromatic rings. The van der Waals surface area contributed by atoms with Crippen molar-refractivity contribution in [1.29, 1.82) is 0 Å². The molecule has 0 spiro atoms. The maximum atomic E-state index is 12.9. The molecule has 0 saturated heterocycles. The molecule has 2 heteroatoms. The van der Waals surface area contributed by atoms with Gasteiger partial charge in [0.2, 0.25) is 0 Å². The van der Waals surface area contributed by atoms with E-state index in [9.17, 15) is 9.90 Å². The molecule has 1 N–H and O–H groups in total. The molecule has 0 aliphatic heterocycles. The third kappa shape index (κ3) is 2.42. The zero-order valence-corrected chi connectivity index (χ0v) is 14.6. The van der Waals surface area contributed by atoms with Gasteiger partial charge < -0.3 is 5.11 Å². The van der Waals surface area contributed by atoms with Crippen molar-refractivity contribution >= 4 is 5.78 Å². The summed E-state index contributed by atoms with van der Waals surface area (Å²) in [7, 11) is 0. The first-order valence-corrected chi connectivity index (χ1v) is 9.66. The van der Waals surface area contributed by atoms with Crippen molar-refractivity contribution in [3.8, 4) is 0 Å². The lowest BCUT2D eigenvalue weighted by Crippen LogP contribution is -2.49. The predicted octanol–water partition coefficient (Wildman–Crippen LogP) is 4.60. The van der Waals surface area contributed by atoms with Gasteiger partial charge in [-0.15, -0.1) is 0 Å². The molecule has 0 radical (unpaired) electrons. The molecule has 0 unspecified atom stereocenters. The summed E-state index contributed by atoms with van der Waals surface area (Å²) in [5.41, 5.74) is -0.424. The molecule has 0 aromatic heterocycles. The van der Waals surface area contributed by atoms with E-state index >= 15 is 0 Å². The first kappa shape index (κ1) is 12.1. The summed E-state index contributed by atoms with van der Waals surface area (Å²) >= 11 is 0. The molecule has 0 bridgehead atoms. The van der Waals surface area contributed by atoms with Gasteiger partial charge in [0.25, 0.3) is 0 Å². The normalized spacial score (nSPS) is 62.0. The number of rotatable bonds is 2. The topological polar surface area (TPSA) is 37.3 Å². The van der Waals surface area contributed by atoms with Crippen LogP contribution in [-0.4, -0.2) is 17.0 Å². The summed E-state index contributed by atoms with van der Waals surface area (Å²) in [6.45, 7) is 3.40. The van der Waals surface area contributed by atoms with Crippen LogP contribution in [0.3, 0.4) is 0 Å². The van der Waals surface area contributed by atoms with Gasteiger partial charge in [-0.1, -0.05) is 13.8 Å². The van der Waals surface area contributed by atoms with Gasteiger partial charge >= 0.3 is 0 Å². The molecule has 8 atom stereocenters. The zero-order valence-electron chi connectivity index (χ0n) is 18.6. The van der Waals surface area contributed by atoms with Gasteiger partial charge in [-0.25, -0.2) is 0 Å². The number of hydrogen-bond donors (Lipinski definition) is 1. The molecule has 23 heavy (non-hydrogen) atoms. The number of carbonyl (C=O) groups is 1. The fourth-order valence-corrected chi connectivity index (χ4v) is 7.01. The average Bonchev–Trinajstić information content (AvgIpc) is 2.84. The van der Waals surface area contributed by atoms with Crippen LogP contribution in [0.4, 0.5) is 0 Å². The third-order valence-electron chi connectivity index (χ3n) is 8.07. The van der Waals surface area contributed by atoms with Crippen molar-refractivity contribution < 1.29 is 15.4 Å². The first-order valence-electron chi connectivity index (χ1n) is 11.7. The first-order chi connectivity index (χ1) is 12.4. The van der Waals surface area contributed by atoms with Crippen LogP contribution in [0.2, 0.25) is 0 Å². The fraction of sp³-hybridized carbons (Fsp3) is 0.952. The molecule has 4 fully saturated rings. The Hall–Kier alpha value is -0.370. The Kier molecular flexibility index (Phi) is 3.07. The highest BCUT2D eigenvalue weighted by Crippen LogP contribution is 2.64. The second-order valence-corrected chi connectivity index (χ2v) is 8.80. The Morgan fingerprint density at radius 2 is 1.91 bits per heavy atom. The van der Waals surface area contributed by atoms with Gasteiger partial charge in [-0.05, 0) is 92.8 Å². The Bertz CT molecular complexity index is 630. The molecule has 2 nitrogen and oxygen atoms in total. The summed E-state index contributed by atoms with van der Waals surface area (Å²) < 4.78 is 32.9. The van der Waals surface area contributed by atoms with Gasteiger partial charge in [-0.3, -0.25) is 4.79 Å². The Balaban J connectivity index is 1.59. The number of carbonyl (C=O) groups excluding carboxylic acids is 1. The van der Waals surface area contributed by atoms with E-state index in [0.717, 1.165) is 38.5 Å². The monoisotopic (exact) mass is 322 g/mol. The van der Waals surface area contributed by atoms with Gasteiger partial charge in [0.15, 0.2) is 0 Å². The summed E-state index contributed by atoms with van der Waals surface area (Å²) in [6.07, 6.45) is 4.21. The van der Waals surface area contributed by atoms with Crippen molar-refractivity contribution in [2.24, 2.45) is 40.9 Å². The van der Waals surface area contributed by atoms with E-state index in [2.05, 4.69) is 6.92 Å². The third-order valence-corrected chi connectivity index (χ3v) is 8.07. The summed E-state index contributed by atoms with van der Waals surface area (Å²) in [5.74, 6) is 0.639. The second kappa shape index (κ2) is 5.86.